The summed E-state index contributed by atoms with van der Waals surface area (Å²) < 4.78 is 0. The van der Waals surface area contributed by atoms with Crippen LogP contribution in [-0.4, -0.2) is 79.2 Å². The number of aromatic nitrogens is 2. The van der Waals surface area contributed by atoms with E-state index in [1.54, 1.807) is 0 Å². The Morgan fingerprint density at radius 1 is 0.786 bits per heavy atom. The summed E-state index contributed by atoms with van der Waals surface area (Å²) in [6.45, 7) is 13.6. The minimum atomic E-state index is 0.869. The van der Waals surface area contributed by atoms with Crippen molar-refractivity contribution in [1.29, 1.82) is 0 Å². The third kappa shape index (κ3) is 4.62. The van der Waals surface area contributed by atoms with Crippen LogP contribution < -0.4 is 9.80 Å². The molecule has 0 saturated carbocycles. The second kappa shape index (κ2) is 8.45. The van der Waals surface area contributed by atoms with E-state index in [1.807, 2.05) is 6.92 Å². The van der Waals surface area contributed by atoms with Crippen LogP contribution in [0.3, 0.4) is 0 Å². The fraction of sp³-hybridized carbons (Fsp3) is 0.545. The lowest BCUT2D eigenvalue weighted by Crippen LogP contribution is -2.47. The molecule has 0 spiro atoms. The number of nitrogens with zero attached hydrogens (tertiary/aromatic N) is 6. The number of hydrogen-bond acceptors (Lipinski definition) is 6. The highest BCUT2D eigenvalue weighted by Gasteiger charge is 2.21. The molecular weight excluding hydrogens is 348 g/mol. The van der Waals surface area contributed by atoms with Gasteiger partial charge in [0.2, 0.25) is 0 Å². The van der Waals surface area contributed by atoms with Crippen LogP contribution >= 0.6 is 0 Å². The highest BCUT2D eigenvalue weighted by atomic mass is 15.3. The van der Waals surface area contributed by atoms with Gasteiger partial charge < -0.3 is 14.7 Å². The molecule has 1 aromatic carbocycles. The van der Waals surface area contributed by atoms with Crippen molar-refractivity contribution in [2.45, 2.75) is 20.4 Å². The van der Waals surface area contributed by atoms with Gasteiger partial charge in [0.1, 0.15) is 17.5 Å². The Hall–Kier alpha value is -2.18. The monoisotopic (exact) mass is 380 g/mol. The fourth-order valence-electron chi connectivity index (χ4n) is 4.10. The molecule has 28 heavy (non-hydrogen) atoms. The molecule has 2 aliphatic rings. The van der Waals surface area contributed by atoms with Crippen LogP contribution in [0, 0.1) is 13.8 Å². The third-order valence-corrected chi connectivity index (χ3v) is 5.82. The summed E-state index contributed by atoms with van der Waals surface area (Å²) >= 11 is 0. The first-order valence-corrected chi connectivity index (χ1v) is 10.4. The van der Waals surface area contributed by atoms with Gasteiger partial charge in [0, 0.05) is 65.0 Å². The second-order valence-electron chi connectivity index (χ2n) is 8.17. The summed E-state index contributed by atoms with van der Waals surface area (Å²) in [4.78, 5) is 19.2. The molecule has 4 rings (SSSR count). The van der Waals surface area contributed by atoms with E-state index in [1.165, 1.54) is 11.1 Å². The van der Waals surface area contributed by atoms with Crippen LogP contribution in [-0.2, 0) is 6.54 Å². The number of benzene rings is 1. The van der Waals surface area contributed by atoms with Crippen molar-refractivity contribution in [2.24, 2.45) is 0 Å². The Morgan fingerprint density at radius 2 is 1.39 bits per heavy atom. The zero-order valence-electron chi connectivity index (χ0n) is 17.4. The number of rotatable bonds is 4. The van der Waals surface area contributed by atoms with Gasteiger partial charge in [0.15, 0.2) is 0 Å². The molecule has 0 N–H and O–H groups in total. The van der Waals surface area contributed by atoms with Crippen LogP contribution in [0.4, 0.5) is 11.6 Å². The van der Waals surface area contributed by atoms with Gasteiger partial charge in [-0.2, -0.15) is 0 Å². The first-order chi connectivity index (χ1) is 13.6. The SMILES string of the molecule is Cc1cccc(CN2CCN(c3cc(N4CCN(C)CC4)nc(C)n3)CC2)c1. The summed E-state index contributed by atoms with van der Waals surface area (Å²) in [5.74, 6) is 3.03. The lowest BCUT2D eigenvalue weighted by molar-refractivity contribution is 0.249. The molecule has 150 valence electrons. The first kappa shape index (κ1) is 19.2. The molecule has 0 amide bonds. The predicted octanol–water partition coefficient (Wildman–Crippen LogP) is 2.17. The molecule has 3 heterocycles. The zero-order valence-corrected chi connectivity index (χ0v) is 17.4. The van der Waals surface area contributed by atoms with Crippen molar-refractivity contribution in [3.05, 3.63) is 47.3 Å². The van der Waals surface area contributed by atoms with E-state index in [9.17, 15) is 0 Å². The van der Waals surface area contributed by atoms with Crippen molar-refractivity contribution < 1.29 is 0 Å². The van der Waals surface area contributed by atoms with Crippen molar-refractivity contribution in [3.63, 3.8) is 0 Å². The summed E-state index contributed by atoms with van der Waals surface area (Å²) in [5.41, 5.74) is 2.74. The number of aryl methyl sites for hydroxylation is 2. The normalized spacial score (nSPS) is 19.2. The molecule has 2 fully saturated rings. The minimum Gasteiger partial charge on any atom is -0.354 e. The predicted molar refractivity (Wildman–Crippen MR) is 115 cm³/mol. The Bertz CT molecular complexity index is 791. The number of likely N-dealkylation sites (N-methyl/N-ethyl adjacent to an activating group) is 1. The molecule has 6 nitrogen and oxygen atoms in total. The van der Waals surface area contributed by atoms with Gasteiger partial charge >= 0.3 is 0 Å². The van der Waals surface area contributed by atoms with Crippen molar-refractivity contribution in [1.82, 2.24) is 19.8 Å². The van der Waals surface area contributed by atoms with Crippen molar-refractivity contribution >= 4 is 11.6 Å². The number of hydrogen-bond donors (Lipinski definition) is 0. The minimum absolute atomic E-state index is 0.869. The molecule has 0 atom stereocenters. The van der Waals surface area contributed by atoms with Gasteiger partial charge in [-0.1, -0.05) is 29.8 Å². The number of anilines is 2. The smallest absolute Gasteiger partial charge is 0.134 e. The lowest BCUT2D eigenvalue weighted by Gasteiger charge is -2.37. The van der Waals surface area contributed by atoms with Crippen LogP contribution in [0.25, 0.3) is 0 Å². The standard InChI is InChI=1S/C22H32N6/c1-18-5-4-6-20(15-18)17-26-9-13-28(14-10-26)22-16-21(23-19(2)24-22)27-11-7-25(3)8-12-27/h4-6,15-16H,7-14,17H2,1-3H3. The van der Waals surface area contributed by atoms with Gasteiger partial charge in [-0.15, -0.1) is 0 Å². The maximum atomic E-state index is 4.75. The summed E-state index contributed by atoms with van der Waals surface area (Å²) in [6.07, 6.45) is 0. The molecule has 0 unspecified atom stereocenters. The van der Waals surface area contributed by atoms with Gasteiger partial charge in [0.25, 0.3) is 0 Å². The molecular formula is C22H32N6. The zero-order chi connectivity index (χ0) is 19.5. The lowest BCUT2D eigenvalue weighted by atomic mass is 10.1. The van der Waals surface area contributed by atoms with Crippen molar-refractivity contribution in [2.75, 3.05) is 69.2 Å². The van der Waals surface area contributed by atoms with Gasteiger partial charge in [-0.3, -0.25) is 4.90 Å². The largest absolute Gasteiger partial charge is 0.354 e. The molecule has 6 heteroatoms. The molecule has 2 aliphatic heterocycles. The summed E-state index contributed by atoms with van der Waals surface area (Å²) in [7, 11) is 2.18. The first-order valence-electron chi connectivity index (χ1n) is 10.4. The van der Waals surface area contributed by atoms with Crippen molar-refractivity contribution in [3.8, 4) is 0 Å². The summed E-state index contributed by atoms with van der Waals surface area (Å²) in [6, 6.07) is 11.0. The van der Waals surface area contributed by atoms with Crippen LogP contribution in [0.15, 0.2) is 30.3 Å². The summed E-state index contributed by atoms with van der Waals surface area (Å²) in [5, 5.41) is 0. The quantitative estimate of drug-likeness (QED) is 0.809. The highest BCUT2D eigenvalue weighted by molar-refractivity contribution is 5.51. The van der Waals surface area contributed by atoms with E-state index >= 15 is 0 Å². The maximum Gasteiger partial charge on any atom is 0.134 e. The average Bonchev–Trinajstić information content (AvgIpc) is 2.69. The number of piperazine rings is 2. The molecule has 1 aromatic heterocycles. The molecule has 2 aromatic rings. The van der Waals surface area contributed by atoms with E-state index in [4.69, 9.17) is 9.97 Å². The maximum absolute atomic E-state index is 4.75. The van der Waals surface area contributed by atoms with E-state index in [0.29, 0.717) is 0 Å². The molecule has 0 aliphatic carbocycles. The van der Waals surface area contributed by atoms with E-state index in [2.05, 4.69) is 63.9 Å². The van der Waals surface area contributed by atoms with E-state index in [0.717, 1.165) is 76.4 Å². The van der Waals surface area contributed by atoms with Gasteiger partial charge in [0.05, 0.1) is 0 Å². The third-order valence-electron chi connectivity index (χ3n) is 5.82. The van der Waals surface area contributed by atoms with E-state index < -0.39 is 0 Å². The highest BCUT2D eigenvalue weighted by Crippen LogP contribution is 2.22. The Kier molecular flexibility index (Phi) is 5.78. The molecule has 2 saturated heterocycles. The van der Waals surface area contributed by atoms with Gasteiger partial charge in [-0.25, -0.2) is 9.97 Å². The Balaban J connectivity index is 1.39. The van der Waals surface area contributed by atoms with Gasteiger partial charge in [-0.05, 0) is 26.5 Å². The fourth-order valence-corrected chi connectivity index (χ4v) is 4.10. The van der Waals surface area contributed by atoms with E-state index in [-0.39, 0.29) is 0 Å². The van der Waals surface area contributed by atoms with Crippen LogP contribution in [0.5, 0.6) is 0 Å². The molecule has 0 radical (unpaired) electrons. The average molecular weight is 381 g/mol. The van der Waals surface area contributed by atoms with Crippen LogP contribution in [0.1, 0.15) is 17.0 Å². The Morgan fingerprint density at radius 3 is 2.00 bits per heavy atom. The molecule has 0 bridgehead atoms. The Labute approximate surface area is 168 Å². The van der Waals surface area contributed by atoms with Crippen LogP contribution in [0.2, 0.25) is 0 Å². The topological polar surface area (TPSA) is 38.7 Å². The second-order valence-corrected chi connectivity index (χ2v) is 8.17.